The van der Waals surface area contributed by atoms with Crippen LogP contribution in [0.4, 0.5) is 0 Å². The van der Waals surface area contributed by atoms with E-state index in [0.717, 1.165) is 22.0 Å². The van der Waals surface area contributed by atoms with Crippen molar-refractivity contribution in [2.45, 2.75) is 19.5 Å². The molecule has 182 valence electrons. The van der Waals surface area contributed by atoms with E-state index in [1.807, 2.05) is 71.3 Å². The number of para-hydroxylation sites is 1. The number of amides is 1. The van der Waals surface area contributed by atoms with Crippen molar-refractivity contribution >= 4 is 28.4 Å². The topological polar surface area (TPSA) is 87.7 Å². The Kier molecular flexibility index (Phi) is 7.20. The van der Waals surface area contributed by atoms with Crippen LogP contribution in [0.15, 0.2) is 91.3 Å². The number of nitrogens with zero attached hydrogens (tertiary/aromatic N) is 6. The van der Waals surface area contributed by atoms with Crippen molar-refractivity contribution in [3.8, 4) is 6.07 Å². The average Bonchev–Trinajstić information content (AvgIpc) is 3.38. The normalized spacial score (nSPS) is 10.8. The Bertz CT molecular complexity index is 1570. The van der Waals surface area contributed by atoms with Gasteiger partial charge in [-0.25, -0.2) is 4.98 Å². The smallest absolute Gasteiger partial charge is 0.272 e. The summed E-state index contributed by atoms with van der Waals surface area (Å²) < 4.78 is 1.91. The number of halogens is 1. The SMILES string of the molecule is N#Cc1ccc(Cn2cnnc2CN(CCc2ccc(Cl)cc2)C(=O)c2ccc3ccccc3n2)cc1. The molecule has 3 aromatic carbocycles. The fourth-order valence-corrected chi connectivity index (χ4v) is 4.23. The van der Waals surface area contributed by atoms with Crippen LogP contribution in [0.25, 0.3) is 10.9 Å². The second-order valence-corrected chi connectivity index (χ2v) is 9.11. The lowest BCUT2D eigenvalue weighted by atomic mass is 10.1. The van der Waals surface area contributed by atoms with Gasteiger partial charge in [-0.15, -0.1) is 10.2 Å². The second kappa shape index (κ2) is 11.0. The number of aromatic nitrogens is 4. The van der Waals surface area contributed by atoms with Gasteiger partial charge in [-0.1, -0.05) is 60.1 Å². The highest BCUT2D eigenvalue weighted by Crippen LogP contribution is 2.17. The van der Waals surface area contributed by atoms with Crippen molar-refractivity contribution in [3.05, 3.63) is 124 Å². The van der Waals surface area contributed by atoms with Crippen molar-refractivity contribution in [3.63, 3.8) is 0 Å². The van der Waals surface area contributed by atoms with Crippen LogP contribution in [0.2, 0.25) is 5.02 Å². The Morgan fingerprint density at radius 1 is 0.946 bits per heavy atom. The standard InChI is InChI=1S/C29H23ClN6O/c30-25-12-9-21(10-13-25)15-16-35(29(37)27-14-11-24-3-1-2-4-26(24)33-27)19-28-34-32-20-36(28)18-23-7-5-22(17-31)6-8-23/h1-14,20H,15-16,18-19H2. The van der Waals surface area contributed by atoms with Crippen LogP contribution in [0.3, 0.4) is 0 Å². The van der Waals surface area contributed by atoms with Gasteiger partial charge in [0.1, 0.15) is 12.0 Å². The number of pyridine rings is 1. The molecule has 37 heavy (non-hydrogen) atoms. The average molecular weight is 507 g/mol. The monoisotopic (exact) mass is 506 g/mol. The van der Waals surface area contributed by atoms with Crippen LogP contribution >= 0.6 is 11.6 Å². The third-order valence-electron chi connectivity index (χ3n) is 6.15. The zero-order valence-electron chi connectivity index (χ0n) is 20.0. The Hall–Kier alpha value is -4.54. The molecule has 1 amide bonds. The molecule has 0 aliphatic heterocycles. The highest BCUT2D eigenvalue weighted by Gasteiger charge is 2.20. The summed E-state index contributed by atoms with van der Waals surface area (Å²) in [6, 6.07) is 28.6. The van der Waals surface area contributed by atoms with Crippen molar-refractivity contribution in [2.75, 3.05) is 6.54 Å². The first-order valence-corrected chi connectivity index (χ1v) is 12.2. The van der Waals surface area contributed by atoms with Gasteiger partial charge in [-0.05, 0) is 53.9 Å². The van der Waals surface area contributed by atoms with Gasteiger partial charge in [0, 0.05) is 17.0 Å². The minimum absolute atomic E-state index is 0.173. The van der Waals surface area contributed by atoms with Crippen LogP contribution in [-0.4, -0.2) is 37.1 Å². The summed E-state index contributed by atoms with van der Waals surface area (Å²) in [5.41, 5.74) is 3.85. The van der Waals surface area contributed by atoms with E-state index in [-0.39, 0.29) is 12.5 Å². The molecule has 2 heterocycles. The van der Waals surface area contributed by atoms with E-state index < -0.39 is 0 Å². The van der Waals surface area contributed by atoms with Gasteiger partial charge < -0.3 is 9.47 Å². The van der Waals surface area contributed by atoms with E-state index in [4.69, 9.17) is 16.9 Å². The first kappa shape index (κ1) is 24.2. The van der Waals surface area contributed by atoms with E-state index in [2.05, 4.69) is 21.3 Å². The largest absolute Gasteiger partial charge is 0.329 e. The fraction of sp³-hybridized carbons (Fsp3) is 0.138. The molecule has 0 aliphatic carbocycles. The number of fused-ring (bicyclic) bond motifs is 1. The molecule has 5 aromatic rings. The van der Waals surface area contributed by atoms with Crippen molar-refractivity contribution in [2.24, 2.45) is 0 Å². The van der Waals surface area contributed by atoms with E-state index in [0.29, 0.717) is 41.6 Å². The van der Waals surface area contributed by atoms with Crippen molar-refractivity contribution < 1.29 is 4.79 Å². The Balaban J connectivity index is 1.40. The zero-order chi connectivity index (χ0) is 25.6. The molecule has 0 aliphatic rings. The summed E-state index contributed by atoms with van der Waals surface area (Å²) in [4.78, 5) is 20.1. The van der Waals surface area contributed by atoms with Crippen LogP contribution < -0.4 is 0 Å². The van der Waals surface area contributed by atoms with Crippen molar-refractivity contribution in [1.82, 2.24) is 24.6 Å². The van der Waals surface area contributed by atoms with Gasteiger partial charge in [0.05, 0.1) is 30.2 Å². The van der Waals surface area contributed by atoms with Crippen LogP contribution in [0, 0.1) is 11.3 Å². The Morgan fingerprint density at radius 3 is 2.49 bits per heavy atom. The van der Waals surface area contributed by atoms with Gasteiger partial charge in [0.2, 0.25) is 0 Å². The molecule has 0 unspecified atom stereocenters. The Morgan fingerprint density at radius 2 is 1.70 bits per heavy atom. The lowest BCUT2D eigenvalue weighted by Gasteiger charge is -2.22. The number of hydrogen-bond acceptors (Lipinski definition) is 5. The quantitative estimate of drug-likeness (QED) is 0.285. The maximum atomic E-state index is 13.7. The van der Waals surface area contributed by atoms with Gasteiger partial charge in [-0.3, -0.25) is 4.79 Å². The molecule has 8 heteroatoms. The van der Waals surface area contributed by atoms with E-state index >= 15 is 0 Å². The minimum Gasteiger partial charge on any atom is -0.329 e. The number of nitriles is 1. The number of rotatable bonds is 8. The van der Waals surface area contributed by atoms with E-state index in [1.165, 1.54) is 0 Å². The second-order valence-electron chi connectivity index (χ2n) is 8.68. The molecule has 0 spiro atoms. The molecule has 0 saturated carbocycles. The Labute approximate surface area is 219 Å². The number of hydrogen-bond donors (Lipinski definition) is 0. The fourth-order valence-electron chi connectivity index (χ4n) is 4.10. The predicted octanol–water partition coefficient (Wildman–Crippen LogP) is 5.28. The first-order valence-electron chi connectivity index (χ1n) is 11.8. The highest BCUT2D eigenvalue weighted by atomic mass is 35.5. The van der Waals surface area contributed by atoms with Gasteiger partial charge >= 0.3 is 0 Å². The predicted molar refractivity (Wildman–Crippen MR) is 142 cm³/mol. The van der Waals surface area contributed by atoms with Gasteiger partial charge in [0.15, 0.2) is 5.82 Å². The lowest BCUT2D eigenvalue weighted by molar-refractivity contribution is 0.0733. The molecular weight excluding hydrogens is 484 g/mol. The van der Waals surface area contributed by atoms with Gasteiger partial charge in [-0.2, -0.15) is 5.26 Å². The molecule has 7 nitrogen and oxygen atoms in total. The summed E-state index contributed by atoms with van der Waals surface area (Å²) in [6.45, 7) is 1.28. The number of benzene rings is 3. The van der Waals surface area contributed by atoms with E-state index in [1.54, 1.807) is 29.4 Å². The highest BCUT2D eigenvalue weighted by molar-refractivity contribution is 6.30. The molecule has 0 bridgehead atoms. The van der Waals surface area contributed by atoms with Crippen LogP contribution in [0.5, 0.6) is 0 Å². The van der Waals surface area contributed by atoms with Crippen LogP contribution in [-0.2, 0) is 19.5 Å². The zero-order valence-corrected chi connectivity index (χ0v) is 20.7. The first-order chi connectivity index (χ1) is 18.1. The molecule has 0 atom stereocenters. The molecule has 0 saturated heterocycles. The molecule has 0 radical (unpaired) electrons. The summed E-state index contributed by atoms with van der Waals surface area (Å²) >= 11 is 6.04. The van der Waals surface area contributed by atoms with Crippen molar-refractivity contribution in [1.29, 1.82) is 5.26 Å². The summed E-state index contributed by atoms with van der Waals surface area (Å²) in [5, 5.41) is 19.1. The minimum atomic E-state index is -0.173. The van der Waals surface area contributed by atoms with Gasteiger partial charge in [0.25, 0.3) is 5.91 Å². The number of carbonyl (C=O) groups is 1. The molecule has 0 N–H and O–H groups in total. The molecular formula is C29H23ClN6O. The molecule has 5 rings (SSSR count). The third-order valence-corrected chi connectivity index (χ3v) is 6.40. The third kappa shape index (κ3) is 5.83. The molecule has 0 fully saturated rings. The summed E-state index contributed by atoms with van der Waals surface area (Å²) in [6.07, 6.45) is 2.31. The lowest BCUT2D eigenvalue weighted by Crippen LogP contribution is -2.34. The van der Waals surface area contributed by atoms with Crippen LogP contribution in [0.1, 0.15) is 33.0 Å². The summed E-state index contributed by atoms with van der Waals surface area (Å²) in [5.74, 6) is 0.488. The van der Waals surface area contributed by atoms with E-state index in [9.17, 15) is 4.79 Å². The number of carbonyl (C=O) groups excluding carboxylic acids is 1. The molecule has 2 aromatic heterocycles. The summed E-state index contributed by atoms with van der Waals surface area (Å²) in [7, 11) is 0. The maximum Gasteiger partial charge on any atom is 0.272 e. The maximum absolute atomic E-state index is 13.7.